The van der Waals surface area contributed by atoms with Crippen LogP contribution in [0.3, 0.4) is 0 Å². The van der Waals surface area contributed by atoms with Crippen molar-refractivity contribution in [1.82, 2.24) is 20.8 Å². The van der Waals surface area contributed by atoms with E-state index in [1.807, 2.05) is 6.07 Å². The summed E-state index contributed by atoms with van der Waals surface area (Å²) in [6, 6.07) is 10.5. The third-order valence-corrected chi connectivity index (χ3v) is 2.79. The summed E-state index contributed by atoms with van der Waals surface area (Å²) in [6.45, 7) is 0. The van der Waals surface area contributed by atoms with Gasteiger partial charge in [0.15, 0.2) is 0 Å². The zero-order chi connectivity index (χ0) is 11.9. The number of hydrogen-bond donors (Lipinski definition) is 3. The first-order chi connectivity index (χ1) is 8.40. The molecule has 2 aromatic rings. The van der Waals surface area contributed by atoms with Crippen molar-refractivity contribution < 1.29 is 0 Å². The Morgan fingerprint density at radius 3 is 2.76 bits per heavy atom. The van der Waals surface area contributed by atoms with Crippen LogP contribution in [0.25, 0.3) is 0 Å². The lowest BCUT2D eigenvalue weighted by atomic mass is 10.0. The molecule has 0 aliphatic heterocycles. The van der Waals surface area contributed by atoms with E-state index < -0.39 is 0 Å². The Labute approximate surface area is 100 Å². The molecule has 5 heteroatoms. The van der Waals surface area contributed by atoms with Crippen molar-refractivity contribution in [2.24, 2.45) is 5.84 Å². The fourth-order valence-corrected chi connectivity index (χ4v) is 1.85. The number of H-pyrrole nitrogens is 1. The largest absolute Gasteiger partial charge is 0.271 e. The van der Waals surface area contributed by atoms with E-state index in [1.54, 1.807) is 6.20 Å². The second-order valence-electron chi connectivity index (χ2n) is 3.99. The predicted octanol–water partition coefficient (Wildman–Crippen LogP) is 1.33. The lowest BCUT2D eigenvalue weighted by Gasteiger charge is -2.12. The van der Waals surface area contributed by atoms with Gasteiger partial charge in [0.2, 0.25) is 0 Å². The third-order valence-electron chi connectivity index (χ3n) is 2.79. The molecule has 0 bridgehead atoms. The number of hydrogen-bond acceptors (Lipinski definition) is 4. The molecule has 0 fully saturated rings. The summed E-state index contributed by atoms with van der Waals surface area (Å²) < 4.78 is 0. The number of rotatable bonds is 6. The maximum atomic E-state index is 5.51. The molecule has 0 spiro atoms. The maximum Gasteiger partial charge on any atom is 0.101 e. The molecule has 90 valence electrons. The van der Waals surface area contributed by atoms with Gasteiger partial charge in [-0.3, -0.25) is 11.3 Å². The number of hydrazine groups is 1. The molecule has 4 N–H and O–H groups in total. The van der Waals surface area contributed by atoms with Gasteiger partial charge < -0.3 is 0 Å². The summed E-state index contributed by atoms with van der Waals surface area (Å²) in [6.07, 6.45) is 4.76. The van der Waals surface area contributed by atoms with Crippen LogP contribution < -0.4 is 11.3 Å². The molecule has 2 rings (SSSR count). The van der Waals surface area contributed by atoms with Gasteiger partial charge in [-0.2, -0.15) is 15.4 Å². The molecular weight excluding hydrogens is 214 g/mol. The highest BCUT2D eigenvalue weighted by Crippen LogP contribution is 2.15. The summed E-state index contributed by atoms with van der Waals surface area (Å²) in [5, 5.41) is 10.4. The van der Waals surface area contributed by atoms with Crippen LogP contribution in [0.15, 0.2) is 36.5 Å². The Bertz CT molecular complexity index is 412. The molecule has 0 saturated carbocycles. The Balaban J connectivity index is 1.81. The minimum absolute atomic E-state index is 0.0671. The molecule has 5 nitrogen and oxygen atoms in total. The highest BCUT2D eigenvalue weighted by molar-refractivity contribution is 5.14. The topological polar surface area (TPSA) is 79.6 Å². The van der Waals surface area contributed by atoms with Crippen LogP contribution in [0.4, 0.5) is 0 Å². The van der Waals surface area contributed by atoms with E-state index in [1.165, 1.54) is 5.56 Å². The van der Waals surface area contributed by atoms with Crippen LogP contribution in [-0.2, 0) is 6.42 Å². The average molecular weight is 231 g/mol. The fraction of sp³-hybridized carbons (Fsp3) is 0.333. The predicted molar refractivity (Wildman–Crippen MR) is 65.8 cm³/mol. The van der Waals surface area contributed by atoms with Gasteiger partial charge >= 0.3 is 0 Å². The first-order valence-electron chi connectivity index (χ1n) is 5.76. The van der Waals surface area contributed by atoms with Crippen molar-refractivity contribution in [3.05, 3.63) is 47.8 Å². The summed E-state index contributed by atoms with van der Waals surface area (Å²) in [5.74, 6) is 5.51. The number of benzene rings is 1. The van der Waals surface area contributed by atoms with Crippen LogP contribution in [0.5, 0.6) is 0 Å². The molecule has 0 amide bonds. The zero-order valence-corrected chi connectivity index (χ0v) is 9.63. The number of nitrogens with one attached hydrogen (secondary N) is 2. The van der Waals surface area contributed by atoms with Crippen LogP contribution >= 0.6 is 0 Å². The molecule has 1 atom stereocenters. The van der Waals surface area contributed by atoms with E-state index in [0.29, 0.717) is 0 Å². The van der Waals surface area contributed by atoms with E-state index in [2.05, 4.69) is 45.1 Å². The van der Waals surface area contributed by atoms with Crippen molar-refractivity contribution in [3.63, 3.8) is 0 Å². The fourth-order valence-electron chi connectivity index (χ4n) is 1.85. The van der Waals surface area contributed by atoms with Gasteiger partial charge in [0, 0.05) is 0 Å². The molecule has 17 heavy (non-hydrogen) atoms. The van der Waals surface area contributed by atoms with Gasteiger partial charge in [0.25, 0.3) is 0 Å². The molecule has 1 unspecified atom stereocenters. The number of nitrogens with two attached hydrogens (primary N) is 1. The zero-order valence-electron chi connectivity index (χ0n) is 9.63. The molecule has 0 radical (unpaired) electrons. The van der Waals surface area contributed by atoms with E-state index in [0.717, 1.165) is 25.0 Å². The van der Waals surface area contributed by atoms with E-state index in [4.69, 9.17) is 5.84 Å². The molecule has 0 saturated heterocycles. The number of nitrogens with zero attached hydrogens (tertiary/aromatic N) is 2. The quantitative estimate of drug-likeness (QED) is 0.517. The first kappa shape index (κ1) is 11.8. The second-order valence-corrected chi connectivity index (χ2v) is 3.99. The summed E-state index contributed by atoms with van der Waals surface area (Å²) in [4.78, 5) is 0. The Kier molecular flexibility index (Phi) is 4.23. The highest BCUT2D eigenvalue weighted by atomic mass is 15.3. The number of aromatic amines is 1. The van der Waals surface area contributed by atoms with E-state index in [9.17, 15) is 0 Å². The minimum atomic E-state index is 0.0671. The normalized spacial score (nSPS) is 12.5. The summed E-state index contributed by atoms with van der Waals surface area (Å²) >= 11 is 0. The molecule has 0 aliphatic rings. The Hall–Kier alpha value is -1.72. The van der Waals surface area contributed by atoms with E-state index >= 15 is 0 Å². The molecule has 1 aromatic carbocycles. The number of aromatic nitrogens is 3. The van der Waals surface area contributed by atoms with Crippen LogP contribution in [0.2, 0.25) is 0 Å². The smallest absolute Gasteiger partial charge is 0.101 e. The lowest BCUT2D eigenvalue weighted by molar-refractivity contribution is 0.487. The Morgan fingerprint density at radius 1 is 1.29 bits per heavy atom. The Morgan fingerprint density at radius 2 is 2.12 bits per heavy atom. The van der Waals surface area contributed by atoms with Gasteiger partial charge in [-0.1, -0.05) is 30.3 Å². The van der Waals surface area contributed by atoms with Crippen molar-refractivity contribution in [2.75, 3.05) is 0 Å². The third kappa shape index (κ3) is 3.37. The monoisotopic (exact) mass is 231 g/mol. The second kappa shape index (κ2) is 6.12. The minimum Gasteiger partial charge on any atom is -0.271 e. The van der Waals surface area contributed by atoms with Crippen molar-refractivity contribution >= 4 is 0 Å². The van der Waals surface area contributed by atoms with Gasteiger partial charge in [0.1, 0.15) is 5.69 Å². The van der Waals surface area contributed by atoms with Crippen LogP contribution in [0.1, 0.15) is 30.1 Å². The van der Waals surface area contributed by atoms with Crippen LogP contribution in [0, 0.1) is 0 Å². The first-order valence-corrected chi connectivity index (χ1v) is 5.76. The molecule has 1 heterocycles. The van der Waals surface area contributed by atoms with Crippen molar-refractivity contribution in [2.45, 2.75) is 25.3 Å². The average Bonchev–Trinajstić information content (AvgIpc) is 2.90. The van der Waals surface area contributed by atoms with Gasteiger partial charge in [-0.15, -0.1) is 0 Å². The lowest BCUT2D eigenvalue weighted by Crippen LogP contribution is -2.28. The van der Waals surface area contributed by atoms with Gasteiger partial charge in [0.05, 0.1) is 12.2 Å². The van der Waals surface area contributed by atoms with Crippen molar-refractivity contribution in [3.8, 4) is 0 Å². The van der Waals surface area contributed by atoms with Gasteiger partial charge in [-0.25, -0.2) is 0 Å². The molecular formula is C12H17N5. The van der Waals surface area contributed by atoms with E-state index in [-0.39, 0.29) is 6.04 Å². The summed E-state index contributed by atoms with van der Waals surface area (Å²) in [5.41, 5.74) is 4.98. The highest BCUT2D eigenvalue weighted by Gasteiger charge is 2.11. The standard InChI is InChI=1S/C12H17N5/c13-15-11(12-9-14-17-16-12)8-4-7-10-5-2-1-3-6-10/h1-3,5-6,9,11,15H,4,7-8,13H2,(H,14,16,17). The summed E-state index contributed by atoms with van der Waals surface area (Å²) in [7, 11) is 0. The molecule has 0 aliphatic carbocycles. The SMILES string of the molecule is NNC(CCCc1ccccc1)c1cn[nH]n1. The number of aryl methyl sites for hydroxylation is 1. The van der Waals surface area contributed by atoms with Gasteiger partial charge in [-0.05, 0) is 24.8 Å². The van der Waals surface area contributed by atoms with Crippen molar-refractivity contribution in [1.29, 1.82) is 0 Å². The van der Waals surface area contributed by atoms with Crippen LogP contribution in [-0.4, -0.2) is 15.4 Å². The molecule has 1 aromatic heterocycles. The maximum absolute atomic E-state index is 5.51.